The number of aryl methyl sites for hydroxylation is 2. The summed E-state index contributed by atoms with van der Waals surface area (Å²) in [6, 6.07) is 3.12. The number of hydrogen-bond donors (Lipinski definition) is 2. The number of nitrogens with one attached hydrogen (secondary N) is 2. The maximum absolute atomic E-state index is 13.4. The fourth-order valence-corrected chi connectivity index (χ4v) is 3.52. The van der Waals surface area contributed by atoms with Gasteiger partial charge in [-0.05, 0) is 24.5 Å². The number of aromatic nitrogens is 4. The first kappa shape index (κ1) is 23.4. The first-order valence-corrected chi connectivity index (χ1v) is 10.7. The molecule has 1 amide bonds. The van der Waals surface area contributed by atoms with E-state index >= 15 is 0 Å². The topological polar surface area (TPSA) is 102 Å². The molecule has 3 aromatic rings. The Morgan fingerprint density at radius 2 is 1.94 bits per heavy atom. The summed E-state index contributed by atoms with van der Waals surface area (Å²) in [6.07, 6.45) is 1.84. The molecule has 0 saturated carbocycles. The van der Waals surface area contributed by atoms with Gasteiger partial charge in [0, 0.05) is 37.7 Å². The smallest absolute Gasteiger partial charge is 0.326 e. The summed E-state index contributed by atoms with van der Waals surface area (Å²) >= 11 is 0. The third kappa shape index (κ3) is 5.12. The van der Waals surface area contributed by atoms with Crippen LogP contribution in [0.5, 0.6) is 0 Å². The number of carbonyl (C=O) groups excluding carboxylic acids is 1. The monoisotopic (exact) mass is 447 g/mol. The fraction of sp³-hybridized carbons (Fsp3) is 0.455. The largest absolute Gasteiger partial charge is 0.330 e. The Morgan fingerprint density at radius 1 is 1.19 bits per heavy atom. The molecule has 32 heavy (non-hydrogen) atoms. The Labute approximate surface area is 183 Å². The number of nitrogens with zero attached hydrogens (tertiary/aromatic N) is 3. The van der Waals surface area contributed by atoms with E-state index in [0.29, 0.717) is 30.1 Å². The lowest BCUT2D eigenvalue weighted by molar-refractivity contribution is -0.116. The number of hydrogen-bond acceptors (Lipinski definition) is 4. The molecule has 1 aromatic carbocycles. The van der Waals surface area contributed by atoms with Crippen LogP contribution in [0.2, 0.25) is 0 Å². The van der Waals surface area contributed by atoms with Crippen molar-refractivity contribution in [1.82, 2.24) is 19.1 Å². The van der Waals surface area contributed by atoms with Crippen LogP contribution in [-0.4, -0.2) is 25.0 Å². The molecule has 0 fully saturated rings. The van der Waals surface area contributed by atoms with E-state index in [1.165, 1.54) is 10.6 Å². The van der Waals surface area contributed by atoms with Gasteiger partial charge in [-0.2, -0.15) is 0 Å². The lowest BCUT2D eigenvalue weighted by Gasteiger charge is -2.11. The highest BCUT2D eigenvalue weighted by atomic mass is 19.2. The van der Waals surface area contributed by atoms with Crippen molar-refractivity contribution in [2.24, 2.45) is 5.92 Å². The zero-order valence-electron chi connectivity index (χ0n) is 18.4. The highest BCUT2D eigenvalue weighted by Crippen LogP contribution is 2.17. The minimum absolute atomic E-state index is 0.0114. The molecule has 8 nitrogen and oxygen atoms in total. The maximum atomic E-state index is 13.4. The molecule has 0 unspecified atom stereocenters. The van der Waals surface area contributed by atoms with Crippen molar-refractivity contribution >= 4 is 22.8 Å². The van der Waals surface area contributed by atoms with E-state index in [1.807, 2.05) is 20.8 Å². The van der Waals surface area contributed by atoms with Gasteiger partial charge in [-0.15, -0.1) is 0 Å². The lowest BCUT2D eigenvalue weighted by atomic mass is 10.2. The minimum Gasteiger partial charge on any atom is -0.326 e. The molecule has 0 aliphatic heterocycles. The van der Waals surface area contributed by atoms with E-state index in [2.05, 4.69) is 15.3 Å². The van der Waals surface area contributed by atoms with Crippen LogP contribution < -0.4 is 16.6 Å². The van der Waals surface area contributed by atoms with Crippen molar-refractivity contribution in [1.29, 1.82) is 0 Å². The van der Waals surface area contributed by atoms with Crippen molar-refractivity contribution in [2.45, 2.75) is 59.5 Å². The zero-order valence-corrected chi connectivity index (χ0v) is 18.4. The van der Waals surface area contributed by atoms with Gasteiger partial charge in [0.2, 0.25) is 5.91 Å². The van der Waals surface area contributed by atoms with E-state index in [0.717, 1.165) is 25.0 Å². The molecular weight excluding hydrogens is 420 g/mol. The predicted molar refractivity (Wildman–Crippen MR) is 118 cm³/mol. The second kappa shape index (κ2) is 9.88. The molecule has 172 valence electrons. The minimum atomic E-state index is -1.05. The highest BCUT2D eigenvalue weighted by Gasteiger charge is 2.20. The molecule has 0 saturated heterocycles. The summed E-state index contributed by atoms with van der Waals surface area (Å²) in [6.45, 7) is 6.91. The standard InChI is InChI=1S/C22H27F2N5O3/c1-4-5-10-28-20-19(21(31)27-22(28)32)29(12-13(2)3)17(26-20)8-9-18(30)25-14-6-7-15(23)16(24)11-14/h6-7,11,13H,4-5,8-10,12H2,1-3H3,(H,25,30)(H,27,31,32). The molecular formula is C22H27F2N5O3. The average Bonchev–Trinajstić information content (AvgIpc) is 3.07. The number of amides is 1. The number of aromatic amines is 1. The third-order valence-corrected chi connectivity index (χ3v) is 5.03. The van der Waals surface area contributed by atoms with E-state index in [1.54, 1.807) is 4.57 Å². The number of benzene rings is 1. The molecule has 10 heteroatoms. The highest BCUT2D eigenvalue weighted by molar-refractivity contribution is 5.90. The Bertz CT molecular complexity index is 1240. The summed E-state index contributed by atoms with van der Waals surface area (Å²) in [5.74, 6) is -1.75. The van der Waals surface area contributed by atoms with E-state index in [4.69, 9.17) is 0 Å². The second-order valence-electron chi connectivity index (χ2n) is 8.15. The van der Waals surface area contributed by atoms with Gasteiger partial charge in [0.15, 0.2) is 22.8 Å². The van der Waals surface area contributed by atoms with Crippen LogP contribution in [-0.2, 0) is 24.3 Å². The van der Waals surface area contributed by atoms with Crippen molar-refractivity contribution in [3.63, 3.8) is 0 Å². The average molecular weight is 447 g/mol. The molecule has 3 rings (SSSR count). The van der Waals surface area contributed by atoms with Gasteiger partial charge in [-0.3, -0.25) is 19.1 Å². The molecule has 0 bridgehead atoms. The molecule has 2 aromatic heterocycles. The number of anilines is 1. The number of rotatable bonds is 9. The normalized spacial score (nSPS) is 11.4. The van der Waals surface area contributed by atoms with Gasteiger partial charge in [0.25, 0.3) is 5.56 Å². The number of H-pyrrole nitrogens is 1. The van der Waals surface area contributed by atoms with Crippen LogP contribution in [0, 0.1) is 17.6 Å². The van der Waals surface area contributed by atoms with Gasteiger partial charge >= 0.3 is 5.69 Å². The van der Waals surface area contributed by atoms with Crippen LogP contribution >= 0.6 is 0 Å². The molecule has 0 spiro atoms. The van der Waals surface area contributed by atoms with Gasteiger partial charge in [-0.1, -0.05) is 27.2 Å². The number of fused-ring (bicyclic) bond motifs is 1. The van der Waals surface area contributed by atoms with Gasteiger partial charge < -0.3 is 9.88 Å². The predicted octanol–water partition coefficient (Wildman–Crippen LogP) is 3.19. The van der Waals surface area contributed by atoms with Gasteiger partial charge in [0.05, 0.1) is 0 Å². The quantitative estimate of drug-likeness (QED) is 0.526. The van der Waals surface area contributed by atoms with Crippen LogP contribution in [0.4, 0.5) is 14.5 Å². The lowest BCUT2D eigenvalue weighted by Crippen LogP contribution is -2.31. The number of imidazole rings is 1. The Kier molecular flexibility index (Phi) is 7.22. The van der Waals surface area contributed by atoms with Crippen molar-refractivity contribution in [3.05, 3.63) is 56.5 Å². The van der Waals surface area contributed by atoms with Crippen LogP contribution in [0.15, 0.2) is 27.8 Å². The summed E-state index contributed by atoms with van der Waals surface area (Å²) in [5, 5.41) is 2.53. The number of carbonyl (C=O) groups is 1. The fourth-order valence-electron chi connectivity index (χ4n) is 3.52. The number of halogens is 2. The van der Waals surface area contributed by atoms with Crippen LogP contribution in [0.1, 0.15) is 45.9 Å². The molecule has 2 heterocycles. The maximum Gasteiger partial charge on any atom is 0.330 e. The Hall–Kier alpha value is -3.30. The van der Waals surface area contributed by atoms with E-state index in [9.17, 15) is 23.2 Å². The molecule has 0 atom stereocenters. The van der Waals surface area contributed by atoms with Crippen molar-refractivity contribution in [2.75, 3.05) is 5.32 Å². The SMILES string of the molecule is CCCCn1c(=O)[nH]c(=O)c2c1nc(CCC(=O)Nc1ccc(F)c(F)c1)n2CC(C)C. The second-order valence-corrected chi connectivity index (χ2v) is 8.15. The molecule has 2 N–H and O–H groups in total. The Balaban J connectivity index is 1.91. The van der Waals surface area contributed by atoms with Gasteiger partial charge in [-0.25, -0.2) is 18.6 Å². The van der Waals surface area contributed by atoms with Gasteiger partial charge in [0.1, 0.15) is 5.82 Å². The van der Waals surface area contributed by atoms with Crippen LogP contribution in [0.25, 0.3) is 11.2 Å². The molecule has 0 aliphatic rings. The van der Waals surface area contributed by atoms with E-state index in [-0.39, 0.29) is 24.4 Å². The summed E-state index contributed by atoms with van der Waals surface area (Å²) in [7, 11) is 0. The molecule has 0 radical (unpaired) electrons. The summed E-state index contributed by atoms with van der Waals surface area (Å²) in [4.78, 5) is 44.3. The third-order valence-electron chi connectivity index (χ3n) is 5.03. The number of unbranched alkanes of at least 4 members (excludes halogenated alkanes) is 1. The molecule has 0 aliphatic carbocycles. The van der Waals surface area contributed by atoms with Crippen molar-refractivity contribution in [3.8, 4) is 0 Å². The van der Waals surface area contributed by atoms with Crippen molar-refractivity contribution < 1.29 is 13.6 Å². The summed E-state index contributed by atoms with van der Waals surface area (Å²) in [5.41, 5.74) is -0.250. The zero-order chi connectivity index (χ0) is 23.4. The first-order valence-electron chi connectivity index (χ1n) is 10.7. The summed E-state index contributed by atoms with van der Waals surface area (Å²) < 4.78 is 29.7. The first-order chi connectivity index (χ1) is 15.2. The van der Waals surface area contributed by atoms with E-state index < -0.39 is 28.8 Å². The van der Waals surface area contributed by atoms with Crippen LogP contribution in [0.3, 0.4) is 0 Å². The Morgan fingerprint density at radius 3 is 2.59 bits per heavy atom.